The molecule has 0 saturated carbocycles. The Hall–Kier alpha value is -1.65. The van der Waals surface area contributed by atoms with Crippen molar-refractivity contribution in [2.24, 2.45) is 0 Å². The molecule has 114 valence electrons. The minimum Gasteiger partial charge on any atom is -0.489 e. The van der Waals surface area contributed by atoms with E-state index in [0.717, 1.165) is 25.4 Å². The van der Waals surface area contributed by atoms with Crippen molar-refractivity contribution in [2.45, 2.75) is 18.8 Å². The summed E-state index contributed by atoms with van der Waals surface area (Å²) >= 11 is 1.79. The standard InChI is InChI=1S/C18H20N2OS/c1-2-6-17-15(4-1)10-14(13-21-17)11-20-8-3-5-16(12-20)18-19-7-9-22-18/h1-2,4,6-7,9-10,16H,3,5,8,11-13H2. The molecule has 0 amide bonds. The number of benzene rings is 1. The highest BCUT2D eigenvalue weighted by Crippen LogP contribution is 2.30. The van der Waals surface area contributed by atoms with Crippen molar-refractivity contribution in [1.29, 1.82) is 0 Å². The summed E-state index contributed by atoms with van der Waals surface area (Å²) in [5.74, 6) is 1.61. The quantitative estimate of drug-likeness (QED) is 0.862. The van der Waals surface area contributed by atoms with Gasteiger partial charge in [0.1, 0.15) is 12.4 Å². The van der Waals surface area contributed by atoms with Crippen molar-refractivity contribution < 1.29 is 4.74 Å². The number of para-hydroxylation sites is 1. The van der Waals surface area contributed by atoms with Gasteiger partial charge in [0.05, 0.1) is 5.01 Å². The predicted molar refractivity (Wildman–Crippen MR) is 90.4 cm³/mol. The largest absolute Gasteiger partial charge is 0.489 e. The van der Waals surface area contributed by atoms with Crippen molar-refractivity contribution in [3.63, 3.8) is 0 Å². The number of aromatic nitrogens is 1. The first-order valence-corrected chi connectivity index (χ1v) is 8.79. The van der Waals surface area contributed by atoms with Gasteiger partial charge in [0.15, 0.2) is 0 Å². The molecule has 1 atom stereocenters. The predicted octanol–water partition coefficient (Wildman–Crippen LogP) is 3.80. The van der Waals surface area contributed by atoms with Gasteiger partial charge in [-0.25, -0.2) is 4.98 Å². The van der Waals surface area contributed by atoms with E-state index in [0.29, 0.717) is 5.92 Å². The van der Waals surface area contributed by atoms with Crippen LogP contribution >= 0.6 is 11.3 Å². The molecule has 0 spiro atoms. The van der Waals surface area contributed by atoms with E-state index in [1.165, 1.54) is 35.5 Å². The highest BCUT2D eigenvalue weighted by molar-refractivity contribution is 7.09. The van der Waals surface area contributed by atoms with Crippen LogP contribution in [0.25, 0.3) is 6.08 Å². The van der Waals surface area contributed by atoms with Crippen molar-refractivity contribution in [2.75, 3.05) is 26.2 Å². The van der Waals surface area contributed by atoms with Crippen LogP contribution in [-0.4, -0.2) is 36.1 Å². The molecule has 0 bridgehead atoms. The van der Waals surface area contributed by atoms with Crippen molar-refractivity contribution in [3.05, 3.63) is 52.0 Å². The average Bonchev–Trinajstić information content (AvgIpc) is 3.10. The maximum absolute atomic E-state index is 5.87. The highest BCUT2D eigenvalue weighted by Gasteiger charge is 2.24. The molecule has 1 aromatic heterocycles. The zero-order valence-electron chi connectivity index (χ0n) is 12.6. The van der Waals surface area contributed by atoms with Gasteiger partial charge in [-0.2, -0.15) is 0 Å². The minimum atomic E-state index is 0.603. The van der Waals surface area contributed by atoms with Gasteiger partial charge in [0.25, 0.3) is 0 Å². The van der Waals surface area contributed by atoms with Gasteiger partial charge in [0, 0.05) is 36.1 Å². The monoisotopic (exact) mass is 312 g/mol. The van der Waals surface area contributed by atoms with Crippen molar-refractivity contribution in [1.82, 2.24) is 9.88 Å². The Morgan fingerprint density at radius 2 is 2.27 bits per heavy atom. The lowest BCUT2D eigenvalue weighted by Gasteiger charge is -2.33. The molecular formula is C18H20N2OS. The fourth-order valence-electron chi connectivity index (χ4n) is 3.38. The molecule has 22 heavy (non-hydrogen) atoms. The van der Waals surface area contributed by atoms with Gasteiger partial charge in [-0.05, 0) is 37.1 Å². The number of piperidine rings is 1. The van der Waals surface area contributed by atoms with E-state index in [1.807, 2.05) is 18.3 Å². The molecule has 1 saturated heterocycles. The third kappa shape index (κ3) is 2.94. The third-order valence-electron chi connectivity index (χ3n) is 4.42. The Balaban J connectivity index is 1.44. The van der Waals surface area contributed by atoms with E-state index in [-0.39, 0.29) is 0 Å². The van der Waals surface area contributed by atoms with Crippen LogP contribution in [0.1, 0.15) is 29.3 Å². The molecule has 1 unspecified atom stereocenters. The molecule has 3 heterocycles. The summed E-state index contributed by atoms with van der Waals surface area (Å²) in [6.45, 7) is 4.03. The van der Waals surface area contributed by atoms with Gasteiger partial charge in [0.2, 0.25) is 0 Å². The lowest BCUT2D eigenvalue weighted by molar-refractivity contribution is 0.214. The fourth-order valence-corrected chi connectivity index (χ4v) is 4.15. The Morgan fingerprint density at radius 3 is 3.18 bits per heavy atom. The zero-order chi connectivity index (χ0) is 14.8. The molecule has 4 heteroatoms. The van der Waals surface area contributed by atoms with Gasteiger partial charge >= 0.3 is 0 Å². The lowest BCUT2D eigenvalue weighted by atomic mass is 9.98. The molecule has 2 aliphatic rings. The van der Waals surface area contributed by atoms with Gasteiger partial charge in [-0.1, -0.05) is 18.2 Å². The van der Waals surface area contributed by atoms with E-state index < -0.39 is 0 Å². The molecule has 2 aromatic rings. The normalized spacial score (nSPS) is 21.8. The summed E-state index contributed by atoms with van der Waals surface area (Å²) in [6, 6.07) is 8.27. The molecule has 0 aliphatic carbocycles. The smallest absolute Gasteiger partial charge is 0.127 e. The summed E-state index contributed by atoms with van der Waals surface area (Å²) < 4.78 is 5.87. The topological polar surface area (TPSA) is 25.4 Å². The Labute approximate surface area is 135 Å². The SMILES string of the molecule is C1=C(CN2CCCC(c3nccs3)C2)COc2ccccc21. The van der Waals surface area contributed by atoms with E-state index >= 15 is 0 Å². The van der Waals surface area contributed by atoms with Crippen LogP contribution in [0.15, 0.2) is 41.4 Å². The van der Waals surface area contributed by atoms with E-state index in [4.69, 9.17) is 4.74 Å². The van der Waals surface area contributed by atoms with Crippen molar-refractivity contribution in [3.8, 4) is 5.75 Å². The van der Waals surface area contributed by atoms with Gasteiger partial charge in [-0.3, -0.25) is 4.90 Å². The van der Waals surface area contributed by atoms with Crippen LogP contribution in [-0.2, 0) is 0 Å². The first kappa shape index (κ1) is 14.0. The second kappa shape index (κ2) is 6.23. The Kier molecular flexibility index (Phi) is 3.95. The Morgan fingerprint density at radius 1 is 1.32 bits per heavy atom. The van der Waals surface area contributed by atoms with Crippen LogP contribution in [0.5, 0.6) is 5.75 Å². The van der Waals surface area contributed by atoms with E-state index in [1.54, 1.807) is 11.3 Å². The maximum atomic E-state index is 5.87. The molecule has 1 fully saturated rings. The third-order valence-corrected chi connectivity index (χ3v) is 5.36. The molecule has 0 N–H and O–H groups in total. The number of ether oxygens (including phenoxy) is 1. The minimum absolute atomic E-state index is 0.603. The summed E-state index contributed by atoms with van der Waals surface area (Å²) in [6.07, 6.45) is 6.75. The summed E-state index contributed by atoms with van der Waals surface area (Å²) in [7, 11) is 0. The second-order valence-electron chi connectivity index (χ2n) is 6.07. The van der Waals surface area contributed by atoms with E-state index in [2.05, 4.69) is 33.5 Å². The summed E-state index contributed by atoms with van der Waals surface area (Å²) in [4.78, 5) is 7.06. The molecule has 2 aliphatic heterocycles. The summed E-state index contributed by atoms with van der Waals surface area (Å²) in [5, 5.41) is 3.38. The Bertz CT molecular complexity index is 665. The average molecular weight is 312 g/mol. The summed E-state index contributed by atoms with van der Waals surface area (Å²) in [5.41, 5.74) is 2.58. The maximum Gasteiger partial charge on any atom is 0.127 e. The van der Waals surface area contributed by atoms with Crippen LogP contribution in [0.4, 0.5) is 0 Å². The van der Waals surface area contributed by atoms with Gasteiger partial charge < -0.3 is 4.74 Å². The number of hydrogen-bond donors (Lipinski definition) is 0. The molecule has 0 radical (unpaired) electrons. The number of fused-ring (bicyclic) bond motifs is 1. The highest BCUT2D eigenvalue weighted by atomic mass is 32.1. The number of nitrogens with zero attached hydrogens (tertiary/aromatic N) is 2. The number of thiazole rings is 1. The zero-order valence-corrected chi connectivity index (χ0v) is 13.4. The molecular weight excluding hydrogens is 292 g/mol. The number of likely N-dealkylation sites (tertiary alicyclic amines) is 1. The van der Waals surface area contributed by atoms with Crippen LogP contribution < -0.4 is 4.74 Å². The van der Waals surface area contributed by atoms with Crippen LogP contribution in [0.2, 0.25) is 0 Å². The number of hydrogen-bond acceptors (Lipinski definition) is 4. The fraction of sp³-hybridized carbons (Fsp3) is 0.389. The second-order valence-corrected chi connectivity index (χ2v) is 7.00. The molecule has 4 rings (SSSR count). The lowest BCUT2D eigenvalue weighted by Crippen LogP contribution is -2.36. The molecule has 3 nitrogen and oxygen atoms in total. The van der Waals surface area contributed by atoms with Crippen molar-refractivity contribution >= 4 is 17.4 Å². The molecule has 1 aromatic carbocycles. The number of rotatable bonds is 3. The first-order valence-electron chi connectivity index (χ1n) is 7.91. The van der Waals surface area contributed by atoms with Gasteiger partial charge in [-0.15, -0.1) is 11.3 Å². The van der Waals surface area contributed by atoms with E-state index in [9.17, 15) is 0 Å². The van der Waals surface area contributed by atoms with Crippen LogP contribution in [0.3, 0.4) is 0 Å². The van der Waals surface area contributed by atoms with Crippen LogP contribution in [0, 0.1) is 0 Å². The first-order chi connectivity index (χ1) is 10.9.